The van der Waals surface area contributed by atoms with Gasteiger partial charge in [0, 0.05) is 26.2 Å². The number of rotatable bonds is 11. The maximum atomic E-state index is 13.1. The highest BCUT2D eigenvalue weighted by Crippen LogP contribution is 2.30. The summed E-state index contributed by atoms with van der Waals surface area (Å²) in [6, 6.07) is 14.6. The molecule has 1 amide bonds. The molecule has 0 saturated heterocycles. The van der Waals surface area contributed by atoms with Crippen molar-refractivity contribution in [2.75, 3.05) is 36.4 Å². The smallest absolute Gasteiger partial charge is 0.277 e. The molecule has 0 spiro atoms. The van der Waals surface area contributed by atoms with Gasteiger partial charge in [-0.05, 0) is 37.6 Å². The monoisotopic (exact) mass is 484 g/mol. The first-order chi connectivity index (χ1) is 16.3. The Bertz CT molecular complexity index is 1200. The van der Waals surface area contributed by atoms with Crippen molar-refractivity contribution in [2.24, 2.45) is 0 Å². The summed E-state index contributed by atoms with van der Waals surface area (Å²) in [7, 11) is -3.68. The van der Waals surface area contributed by atoms with E-state index in [1.165, 1.54) is 10.4 Å². The lowest BCUT2D eigenvalue weighted by Crippen LogP contribution is -2.31. The number of benzene rings is 2. The van der Waals surface area contributed by atoms with Gasteiger partial charge in [0.1, 0.15) is 0 Å². The first kappa shape index (κ1) is 25.4. The van der Waals surface area contributed by atoms with E-state index in [1.807, 2.05) is 44.2 Å². The quantitative estimate of drug-likeness (QED) is 0.447. The van der Waals surface area contributed by atoms with Crippen LogP contribution in [-0.2, 0) is 16.6 Å². The van der Waals surface area contributed by atoms with E-state index in [1.54, 1.807) is 36.9 Å². The summed E-state index contributed by atoms with van der Waals surface area (Å²) in [6.07, 6.45) is 1.58. The fourth-order valence-electron chi connectivity index (χ4n) is 3.76. The maximum Gasteiger partial charge on any atom is 0.277 e. The zero-order valence-electron chi connectivity index (χ0n) is 20.1. The van der Waals surface area contributed by atoms with Gasteiger partial charge >= 0.3 is 0 Å². The summed E-state index contributed by atoms with van der Waals surface area (Å²) >= 11 is 0. The molecule has 0 fully saturated rings. The molecule has 0 saturated carbocycles. The number of amides is 1. The van der Waals surface area contributed by atoms with Crippen molar-refractivity contribution in [3.63, 3.8) is 0 Å². The summed E-state index contributed by atoms with van der Waals surface area (Å²) in [5.41, 5.74) is 2.35. The molecule has 1 aromatic heterocycles. The number of aromatic nitrogens is 3. The standard InChI is InChI=1S/C24H32N6O3S/c1-5-28(6-2)23-15-14-20(34(32,33)30(7-3)8-4)16-21(23)25-24(31)22-18-29(27-26-22)17-19-12-10-9-11-13-19/h9-16,18H,5-8,17H2,1-4H3,(H,25,31). The van der Waals surface area contributed by atoms with Crippen molar-refractivity contribution in [2.45, 2.75) is 39.1 Å². The van der Waals surface area contributed by atoms with Crippen molar-refractivity contribution >= 4 is 27.3 Å². The molecule has 1 N–H and O–H groups in total. The van der Waals surface area contributed by atoms with E-state index in [-0.39, 0.29) is 10.6 Å². The van der Waals surface area contributed by atoms with Gasteiger partial charge in [0.2, 0.25) is 10.0 Å². The van der Waals surface area contributed by atoms with E-state index in [4.69, 9.17) is 0 Å². The largest absolute Gasteiger partial charge is 0.370 e. The third kappa shape index (κ3) is 5.63. The molecule has 0 bridgehead atoms. The molecular formula is C24H32N6O3S. The third-order valence-electron chi connectivity index (χ3n) is 5.62. The maximum absolute atomic E-state index is 13.1. The fourth-order valence-corrected chi connectivity index (χ4v) is 5.25. The minimum Gasteiger partial charge on any atom is -0.370 e. The fraction of sp³-hybridized carbons (Fsp3) is 0.375. The second kappa shape index (κ2) is 11.3. The number of carbonyl (C=O) groups is 1. The second-order valence-corrected chi connectivity index (χ2v) is 9.62. The normalized spacial score (nSPS) is 11.6. The second-order valence-electron chi connectivity index (χ2n) is 7.68. The van der Waals surface area contributed by atoms with Crippen LogP contribution in [0.2, 0.25) is 0 Å². The average molecular weight is 485 g/mol. The predicted molar refractivity (Wildman–Crippen MR) is 134 cm³/mol. The minimum absolute atomic E-state index is 0.134. The topological polar surface area (TPSA) is 100 Å². The van der Waals surface area contributed by atoms with Crippen molar-refractivity contribution in [1.29, 1.82) is 0 Å². The number of sulfonamides is 1. The van der Waals surface area contributed by atoms with E-state index in [0.29, 0.717) is 38.4 Å². The van der Waals surface area contributed by atoms with Gasteiger partial charge in [-0.25, -0.2) is 13.1 Å². The first-order valence-electron chi connectivity index (χ1n) is 11.5. The van der Waals surface area contributed by atoms with Crippen LogP contribution in [0.4, 0.5) is 11.4 Å². The van der Waals surface area contributed by atoms with Crippen molar-refractivity contribution in [1.82, 2.24) is 19.3 Å². The molecule has 0 aliphatic rings. The molecule has 1 heterocycles. The Kier molecular flexibility index (Phi) is 8.41. The lowest BCUT2D eigenvalue weighted by molar-refractivity contribution is 0.102. The van der Waals surface area contributed by atoms with Crippen molar-refractivity contribution in [3.05, 3.63) is 66.0 Å². The van der Waals surface area contributed by atoms with E-state index in [2.05, 4.69) is 20.5 Å². The lowest BCUT2D eigenvalue weighted by Gasteiger charge is -2.25. The van der Waals surface area contributed by atoms with E-state index < -0.39 is 15.9 Å². The lowest BCUT2D eigenvalue weighted by atomic mass is 10.2. The van der Waals surface area contributed by atoms with E-state index >= 15 is 0 Å². The number of nitrogens with one attached hydrogen (secondary N) is 1. The van der Waals surface area contributed by atoms with Crippen LogP contribution in [0, 0.1) is 0 Å². The molecule has 9 nitrogen and oxygen atoms in total. The summed E-state index contributed by atoms with van der Waals surface area (Å²) in [5.74, 6) is -0.454. The van der Waals surface area contributed by atoms with Gasteiger partial charge < -0.3 is 10.2 Å². The van der Waals surface area contributed by atoms with Crippen molar-refractivity contribution < 1.29 is 13.2 Å². The summed E-state index contributed by atoms with van der Waals surface area (Å²) in [4.78, 5) is 15.2. The highest BCUT2D eigenvalue weighted by atomic mass is 32.2. The summed E-state index contributed by atoms with van der Waals surface area (Å²) in [5, 5.41) is 10.9. The van der Waals surface area contributed by atoms with Crippen LogP contribution in [0.5, 0.6) is 0 Å². The Labute approximate surface area is 201 Å². The number of anilines is 2. The van der Waals surface area contributed by atoms with E-state index in [0.717, 1.165) is 11.3 Å². The van der Waals surface area contributed by atoms with Gasteiger partial charge in [-0.1, -0.05) is 49.4 Å². The number of hydrogen-bond donors (Lipinski definition) is 1. The molecule has 0 atom stereocenters. The SMILES string of the molecule is CCN(CC)c1ccc(S(=O)(=O)N(CC)CC)cc1NC(=O)c1cn(Cc2ccccc2)nn1. The Morgan fingerprint density at radius 3 is 2.26 bits per heavy atom. The highest BCUT2D eigenvalue weighted by molar-refractivity contribution is 7.89. The molecule has 0 radical (unpaired) electrons. The van der Waals surface area contributed by atoms with Gasteiger partial charge in [-0.3, -0.25) is 4.79 Å². The summed E-state index contributed by atoms with van der Waals surface area (Å²) < 4.78 is 29.1. The Morgan fingerprint density at radius 1 is 0.971 bits per heavy atom. The van der Waals surface area contributed by atoms with Gasteiger partial charge in [-0.15, -0.1) is 5.10 Å². The van der Waals surface area contributed by atoms with Gasteiger partial charge in [0.05, 0.1) is 29.0 Å². The van der Waals surface area contributed by atoms with Crippen LogP contribution in [0.3, 0.4) is 0 Å². The minimum atomic E-state index is -3.68. The zero-order chi connectivity index (χ0) is 24.7. The number of hydrogen-bond acceptors (Lipinski definition) is 6. The summed E-state index contributed by atoms with van der Waals surface area (Å²) in [6.45, 7) is 10.2. The van der Waals surface area contributed by atoms with Crippen LogP contribution in [0.1, 0.15) is 43.7 Å². The molecule has 34 heavy (non-hydrogen) atoms. The number of nitrogens with zero attached hydrogens (tertiary/aromatic N) is 5. The molecule has 0 aliphatic heterocycles. The molecule has 10 heteroatoms. The average Bonchev–Trinajstić information content (AvgIpc) is 3.30. The molecule has 182 valence electrons. The predicted octanol–water partition coefficient (Wildman–Crippen LogP) is 3.46. The third-order valence-corrected chi connectivity index (χ3v) is 7.67. The molecule has 0 aliphatic carbocycles. The van der Waals surface area contributed by atoms with Crippen molar-refractivity contribution in [3.8, 4) is 0 Å². The molecule has 3 rings (SSSR count). The number of carbonyl (C=O) groups excluding carboxylic acids is 1. The van der Waals surface area contributed by atoms with Gasteiger partial charge in [0.15, 0.2) is 5.69 Å². The van der Waals surface area contributed by atoms with Crippen LogP contribution in [-0.4, -0.2) is 59.8 Å². The molecular weight excluding hydrogens is 452 g/mol. The van der Waals surface area contributed by atoms with Crippen LogP contribution < -0.4 is 10.2 Å². The van der Waals surface area contributed by atoms with Crippen LogP contribution in [0.25, 0.3) is 0 Å². The Morgan fingerprint density at radius 2 is 1.65 bits per heavy atom. The zero-order valence-corrected chi connectivity index (χ0v) is 20.9. The Hall–Kier alpha value is -3.24. The highest BCUT2D eigenvalue weighted by Gasteiger charge is 2.24. The van der Waals surface area contributed by atoms with Gasteiger partial charge in [-0.2, -0.15) is 4.31 Å². The van der Waals surface area contributed by atoms with Gasteiger partial charge in [0.25, 0.3) is 5.91 Å². The Balaban J connectivity index is 1.91. The van der Waals surface area contributed by atoms with Crippen LogP contribution >= 0.6 is 0 Å². The molecule has 3 aromatic rings. The first-order valence-corrected chi connectivity index (χ1v) is 12.9. The molecule has 2 aromatic carbocycles. The molecule has 0 unspecified atom stereocenters. The van der Waals surface area contributed by atoms with Crippen LogP contribution in [0.15, 0.2) is 59.6 Å². The van der Waals surface area contributed by atoms with E-state index in [9.17, 15) is 13.2 Å².